The van der Waals surface area contributed by atoms with Crippen molar-refractivity contribution < 1.29 is 23.9 Å². The molecule has 0 bridgehead atoms. The molecule has 0 saturated carbocycles. The summed E-state index contributed by atoms with van der Waals surface area (Å²) in [6.07, 6.45) is 5.55. The number of carbonyl (C=O) groups is 3. The second kappa shape index (κ2) is 30.0. The maximum absolute atomic E-state index is 12.5. The Morgan fingerprint density at radius 3 is 1.14 bits per heavy atom. The zero-order chi connectivity index (χ0) is 63.8. The molecule has 0 unspecified atom stereocenters. The van der Waals surface area contributed by atoms with Crippen molar-refractivity contribution in [1.29, 1.82) is 0 Å². The van der Waals surface area contributed by atoms with E-state index in [-0.39, 0.29) is 57.8 Å². The zero-order valence-corrected chi connectivity index (χ0v) is 51.3. The summed E-state index contributed by atoms with van der Waals surface area (Å²) >= 11 is 17.5. The Labute approximate surface area is 538 Å². The molecule has 462 valence electrons. The van der Waals surface area contributed by atoms with E-state index in [0.29, 0.717) is 74.9 Å². The molecule has 3 heterocycles. The Morgan fingerprint density at radius 2 is 0.725 bits per heavy atom. The minimum absolute atomic E-state index is 0.0988. The van der Waals surface area contributed by atoms with Crippen LogP contribution in [0.3, 0.4) is 0 Å². The van der Waals surface area contributed by atoms with Gasteiger partial charge in [0.15, 0.2) is 0 Å². The molecule has 12 N–H and O–H groups in total. The Kier molecular flexibility index (Phi) is 20.8. The van der Waals surface area contributed by atoms with Gasteiger partial charge in [-0.15, -0.1) is 0 Å². The van der Waals surface area contributed by atoms with Crippen LogP contribution in [0.4, 0.5) is 64.1 Å². The summed E-state index contributed by atoms with van der Waals surface area (Å²) < 4.78 is 9.19. The summed E-state index contributed by atoms with van der Waals surface area (Å²) in [6, 6.07) is 53.3. The molecule has 1 amide bonds. The molecule has 0 saturated heterocycles. The summed E-state index contributed by atoms with van der Waals surface area (Å²) in [6.45, 7) is 0. The summed E-state index contributed by atoms with van der Waals surface area (Å²) in [4.78, 5) is 72.2. The number of anilines is 11. The first-order chi connectivity index (χ1) is 44.1. The van der Waals surface area contributed by atoms with Gasteiger partial charge in [0.1, 0.15) is 0 Å². The number of nitrogens with zero attached hydrogens (tertiary/aromatic N) is 9. The number of ether oxygens (including phenoxy) is 2. The fraction of sp³-hybridized carbons (Fsp3) is 0.169. The third-order valence-electron chi connectivity index (χ3n) is 14.5. The number of benzene rings is 7. The first kappa shape index (κ1) is 63.3. The average Bonchev–Trinajstić information content (AvgIpc) is 2.10. The standard InChI is InChI=1S/C25H24N8O.C20H18ClN5O2.C12H10Cl2N4.C8H9NO2/c26-20-7-3-4-8-21(20)30-22(34)15-9-11-18(12-10-15)28-24-31-23(27)32-25(33-24)29-19-13-16-5-1-2-6-17(16)14-19;1-28-17(27)12-6-8-15(9-7-12)22-19-24-18(21)25-20(26-19)23-16-10-13-4-2-3-5-14(13)11-16;13-10-16-11(14)18-12(17-10)15-9-5-7-3-1-2-4-8(7)6-9;1-11-8(10)6-2-4-7(9)5-3-6/h1-12,19H,13-14,26H2,(H,30,34)(H4,27,28,29,31,32,33);2-9,16H,10-11H2,1H3,(H2,22,23,24,25,26);1-4,9H,5-6H2,(H,15,16,17,18);2-5H,9H2,1H3. The van der Waals surface area contributed by atoms with E-state index in [1.165, 1.54) is 47.6 Å². The molecule has 0 radical (unpaired) electrons. The molecule has 7 aromatic carbocycles. The highest BCUT2D eigenvalue weighted by molar-refractivity contribution is 6.31. The number of methoxy groups -OCH3 is 2. The second-order valence-electron chi connectivity index (χ2n) is 20.9. The number of rotatable bonds is 14. The molecule has 0 fully saturated rings. The van der Waals surface area contributed by atoms with Crippen molar-refractivity contribution in [3.63, 3.8) is 0 Å². The molecular formula is C65H61Cl3N18O5. The minimum atomic E-state index is -0.390. The van der Waals surface area contributed by atoms with Crippen LogP contribution in [0.1, 0.15) is 64.5 Å². The highest BCUT2D eigenvalue weighted by Gasteiger charge is 2.25. The highest BCUT2D eigenvalue weighted by Crippen LogP contribution is 2.28. The molecule has 3 aromatic heterocycles. The lowest BCUT2D eigenvalue weighted by molar-refractivity contribution is 0.0592. The normalized spacial score (nSPS) is 12.8. The van der Waals surface area contributed by atoms with E-state index in [9.17, 15) is 14.4 Å². The monoisotopic (exact) mass is 1280 g/mol. The molecule has 23 nitrogen and oxygen atoms in total. The summed E-state index contributed by atoms with van der Waals surface area (Å²) in [5.41, 5.74) is 29.9. The maximum Gasteiger partial charge on any atom is 0.337 e. The van der Waals surface area contributed by atoms with E-state index in [0.717, 1.165) is 38.5 Å². The van der Waals surface area contributed by atoms with Crippen LogP contribution in [0.5, 0.6) is 0 Å². The number of para-hydroxylation sites is 2. The van der Waals surface area contributed by atoms with Gasteiger partial charge in [-0.05, 0) is 192 Å². The molecule has 10 aromatic rings. The van der Waals surface area contributed by atoms with Crippen LogP contribution in [0, 0.1) is 0 Å². The van der Waals surface area contributed by atoms with E-state index in [1.54, 1.807) is 84.9 Å². The number of amides is 1. The van der Waals surface area contributed by atoms with Gasteiger partial charge in [0, 0.05) is 40.8 Å². The molecule has 3 aliphatic rings. The van der Waals surface area contributed by atoms with Gasteiger partial charge in [-0.2, -0.15) is 44.9 Å². The molecule has 0 aliphatic heterocycles. The number of fused-ring (bicyclic) bond motifs is 3. The van der Waals surface area contributed by atoms with Crippen molar-refractivity contribution in [2.75, 3.05) is 63.3 Å². The minimum Gasteiger partial charge on any atom is -0.465 e. The van der Waals surface area contributed by atoms with Crippen molar-refractivity contribution in [2.45, 2.75) is 56.7 Å². The van der Waals surface area contributed by atoms with Crippen LogP contribution in [0.15, 0.2) is 170 Å². The van der Waals surface area contributed by atoms with Crippen molar-refractivity contribution in [2.24, 2.45) is 0 Å². The molecule has 13 rings (SSSR count). The van der Waals surface area contributed by atoms with Gasteiger partial charge >= 0.3 is 11.9 Å². The fourth-order valence-electron chi connectivity index (χ4n) is 10.2. The van der Waals surface area contributed by atoms with E-state index in [2.05, 4.69) is 154 Å². The third-order valence-corrected chi connectivity index (χ3v) is 15.0. The Balaban J connectivity index is 0.000000143. The summed E-state index contributed by atoms with van der Waals surface area (Å²) in [5, 5.41) is 19.2. The number of halogens is 3. The largest absolute Gasteiger partial charge is 0.465 e. The zero-order valence-electron chi connectivity index (χ0n) is 49.1. The Hall–Kier alpha value is -10.8. The van der Waals surface area contributed by atoms with Gasteiger partial charge in [-0.25, -0.2) is 9.59 Å². The molecule has 0 atom stereocenters. The number of nitrogen functional groups attached to an aromatic ring is 3. The number of aromatic nitrogens is 9. The quantitative estimate of drug-likeness (QED) is 0.0361. The number of hydrogen-bond acceptors (Lipinski definition) is 22. The lowest BCUT2D eigenvalue weighted by Gasteiger charge is -2.13. The number of hydrogen-bond donors (Lipinski definition) is 9. The Bertz CT molecular complexity index is 4100. The number of esters is 2. The fourth-order valence-corrected chi connectivity index (χ4v) is 10.7. The van der Waals surface area contributed by atoms with Gasteiger partial charge < -0.3 is 58.6 Å². The van der Waals surface area contributed by atoms with Gasteiger partial charge in [0.25, 0.3) is 5.91 Å². The number of carbonyl (C=O) groups excluding carboxylic acids is 3. The van der Waals surface area contributed by atoms with E-state index < -0.39 is 0 Å². The smallest absolute Gasteiger partial charge is 0.337 e. The molecular weight excluding hydrogens is 1220 g/mol. The number of nitrogens with two attached hydrogens (primary N) is 3. The first-order valence-corrected chi connectivity index (χ1v) is 29.6. The first-order valence-electron chi connectivity index (χ1n) is 28.5. The van der Waals surface area contributed by atoms with E-state index >= 15 is 0 Å². The van der Waals surface area contributed by atoms with Gasteiger partial charge in [-0.1, -0.05) is 84.9 Å². The summed E-state index contributed by atoms with van der Waals surface area (Å²) in [7, 11) is 2.69. The van der Waals surface area contributed by atoms with Crippen molar-refractivity contribution >= 4 is 117 Å². The van der Waals surface area contributed by atoms with E-state index in [1.807, 2.05) is 12.1 Å². The maximum atomic E-state index is 12.5. The number of nitrogens with one attached hydrogen (secondary N) is 6. The van der Waals surface area contributed by atoms with Crippen molar-refractivity contribution in [3.05, 3.63) is 236 Å². The van der Waals surface area contributed by atoms with Crippen molar-refractivity contribution in [1.82, 2.24) is 44.9 Å². The molecule has 26 heteroatoms. The lowest BCUT2D eigenvalue weighted by atomic mass is 10.1. The van der Waals surface area contributed by atoms with Crippen LogP contribution >= 0.6 is 34.8 Å². The molecule has 3 aliphatic carbocycles. The second-order valence-corrected chi connectivity index (χ2v) is 21.9. The Morgan fingerprint density at radius 1 is 0.396 bits per heavy atom. The average molecular weight is 1280 g/mol. The highest BCUT2D eigenvalue weighted by atomic mass is 35.5. The van der Waals surface area contributed by atoms with Crippen LogP contribution in [0.2, 0.25) is 15.9 Å². The summed E-state index contributed by atoms with van der Waals surface area (Å²) in [5.74, 6) is 1.05. The molecule has 91 heavy (non-hydrogen) atoms. The van der Waals surface area contributed by atoms with Crippen LogP contribution in [-0.2, 0) is 48.0 Å². The molecule has 0 spiro atoms. The van der Waals surface area contributed by atoms with Gasteiger partial charge in [0.2, 0.25) is 51.5 Å². The lowest BCUT2D eigenvalue weighted by Crippen LogP contribution is -2.22. The van der Waals surface area contributed by atoms with E-state index in [4.69, 9.17) is 56.7 Å². The SMILES string of the molecule is COC(=O)c1ccc(N)cc1.COC(=O)c1ccc(Nc2nc(Cl)nc(NC3Cc4ccccc4C3)n2)cc1.Clc1nc(Cl)nc(NC2Cc3ccccc3C2)n1.Nc1nc(Nc2ccc(C(=O)Nc3ccccc3N)cc2)nc(NC2Cc3ccccc3C2)n1. The van der Waals surface area contributed by atoms with Gasteiger partial charge in [0.05, 0.1) is 36.7 Å². The van der Waals surface area contributed by atoms with Crippen LogP contribution < -0.4 is 49.1 Å². The van der Waals surface area contributed by atoms with Crippen LogP contribution in [-0.4, -0.2) is 95.0 Å². The van der Waals surface area contributed by atoms with Crippen LogP contribution in [0.25, 0.3) is 0 Å². The third kappa shape index (κ3) is 17.7. The van der Waals surface area contributed by atoms with Crippen molar-refractivity contribution in [3.8, 4) is 0 Å². The van der Waals surface area contributed by atoms with Gasteiger partial charge in [-0.3, -0.25) is 4.79 Å². The topological polar surface area (TPSA) is 336 Å². The predicted octanol–water partition coefficient (Wildman–Crippen LogP) is 11.1. The predicted molar refractivity (Wildman–Crippen MR) is 354 cm³/mol.